The molecule has 0 aromatic rings. The molecule has 3 amide bonds. The first-order valence-corrected chi connectivity index (χ1v) is 7.37. The summed E-state index contributed by atoms with van der Waals surface area (Å²) in [4.78, 5) is 38.5. The van der Waals surface area contributed by atoms with Gasteiger partial charge in [-0.05, 0) is 31.1 Å². The number of nitrogens with one attached hydrogen (secondary N) is 1. The van der Waals surface area contributed by atoms with Gasteiger partial charge in [0.15, 0.2) is 0 Å². The Kier molecular flexibility index (Phi) is 3.15. The van der Waals surface area contributed by atoms with Crippen LogP contribution in [0.3, 0.4) is 0 Å². The molecule has 1 saturated heterocycles. The van der Waals surface area contributed by atoms with Crippen molar-refractivity contribution in [2.75, 3.05) is 7.05 Å². The number of allylic oxidation sites excluding steroid dienone is 2. The van der Waals surface area contributed by atoms with Gasteiger partial charge in [0.05, 0.1) is 11.8 Å². The van der Waals surface area contributed by atoms with E-state index < -0.39 is 6.04 Å². The molecule has 5 heteroatoms. The molecule has 1 aliphatic heterocycles. The van der Waals surface area contributed by atoms with Crippen LogP contribution < -0.4 is 5.32 Å². The van der Waals surface area contributed by atoms with Crippen molar-refractivity contribution in [3.63, 3.8) is 0 Å². The molecule has 0 aromatic heterocycles. The summed E-state index contributed by atoms with van der Waals surface area (Å²) in [6.07, 6.45) is 6.59. The first-order chi connectivity index (χ1) is 9.60. The fourth-order valence-corrected chi connectivity index (χ4v) is 4.06. The van der Waals surface area contributed by atoms with Crippen LogP contribution >= 0.6 is 0 Å². The lowest BCUT2D eigenvalue weighted by Gasteiger charge is -2.38. The van der Waals surface area contributed by atoms with Gasteiger partial charge in [-0.2, -0.15) is 0 Å². The zero-order valence-electron chi connectivity index (χ0n) is 11.8. The van der Waals surface area contributed by atoms with Crippen molar-refractivity contribution >= 4 is 17.7 Å². The molecule has 1 heterocycles. The van der Waals surface area contributed by atoms with Gasteiger partial charge in [-0.3, -0.25) is 19.3 Å². The van der Waals surface area contributed by atoms with Gasteiger partial charge in [0.25, 0.3) is 0 Å². The minimum Gasteiger partial charge on any atom is -0.357 e. The zero-order chi connectivity index (χ0) is 14.4. The third-order valence-corrected chi connectivity index (χ3v) is 5.04. The van der Waals surface area contributed by atoms with E-state index in [0.29, 0.717) is 6.42 Å². The number of carbonyl (C=O) groups excluding carboxylic acids is 3. The summed E-state index contributed by atoms with van der Waals surface area (Å²) in [5, 5.41) is 2.55. The van der Waals surface area contributed by atoms with E-state index in [9.17, 15) is 14.4 Å². The van der Waals surface area contributed by atoms with E-state index in [1.54, 1.807) is 0 Å². The minimum absolute atomic E-state index is 0.144. The second-order valence-electron chi connectivity index (χ2n) is 5.93. The van der Waals surface area contributed by atoms with Gasteiger partial charge in [-0.25, -0.2) is 0 Å². The summed E-state index contributed by atoms with van der Waals surface area (Å²) in [5.41, 5.74) is 0. The lowest BCUT2D eigenvalue weighted by molar-refractivity contribution is -0.148. The number of nitrogens with zero attached hydrogens (tertiary/aromatic N) is 1. The molecule has 20 heavy (non-hydrogen) atoms. The number of likely N-dealkylation sites (tertiary alicyclic amines) is 1. The summed E-state index contributed by atoms with van der Waals surface area (Å²) < 4.78 is 0. The Hall–Kier alpha value is -1.65. The third kappa shape index (κ3) is 1.65. The molecule has 1 N–H and O–H groups in total. The standard InChI is InChI=1S/C15H20N2O3/c1-3-10(13(18)16-2)17-14(19)11-8-4-5-9(7-6-8)12(11)15(17)20/h4-5,8-12H,3,6-7H2,1-2H3,(H,16,18)/t8-,9-,10+,11-,12-/m0/s1. The monoisotopic (exact) mass is 276 g/mol. The van der Waals surface area contributed by atoms with Crippen LogP contribution in [0.2, 0.25) is 0 Å². The number of imide groups is 1. The van der Waals surface area contributed by atoms with E-state index in [2.05, 4.69) is 17.5 Å². The Bertz CT molecular complexity index is 467. The fourth-order valence-electron chi connectivity index (χ4n) is 4.06. The average molecular weight is 276 g/mol. The Balaban J connectivity index is 1.94. The molecule has 0 spiro atoms. The van der Waals surface area contributed by atoms with Gasteiger partial charge < -0.3 is 5.32 Å². The van der Waals surface area contributed by atoms with Gasteiger partial charge in [-0.15, -0.1) is 0 Å². The molecule has 5 nitrogen and oxygen atoms in total. The van der Waals surface area contributed by atoms with Crippen molar-refractivity contribution in [1.82, 2.24) is 10.2 Å². The smallest absolute Gasteiger partial charge is 0.243 e. The van der Waals surface area contributed by atoms with Gasteiger partial charge in [0.1, 0.15) is 6.04 Å². The van der Waals surface area contributed by atoms with Crippen LogP contribution in [-0.2, 0) is 14.4 Å². The van der Waals surface area contributed by atoms with Gasteiger partial charge in [0, 0.05) is 7.05 Å². The maximum atomic E-state index is 12.7. The van der Waals surface area contributed by atoms with Crippen molar-refractivity contribution < 1.29 is 14.4 Å². The van der Waals surface area contributed by atoms with Gasteiger partial charge in [-0.1, -0.05) is 19.1 Å². The average Bonchev–Trinajstić information content (AvgIpc) is 2.76. The van der Waals surface area contributed by atoms with Crippen LogP contribution in [0.25, 0.3) is 0 Å². The van der Waals surface area contributed by atoms with E-state index in [0.717, 1.165) is 12.8 Å². The Labute approximate surface area is 118 Å². The highest BCUT2D eigenvalue weighted by atomic mass is 16.2. The largest absolute Gasteiger partial charge is 0.357 e. The van der Waals surface area contributed by atoms with E-state index in [-0.39, 0.29) is 41.4 Å². The molecule has 0 unspecified atom stereocenters. The number of hydrogen-bond acceptors (Lipinski definition) is 3. The quantitative estimate of drug-likeness (QED) is 0.610. The second-order valence-corrected chi connectivity index (χ2v) is 5.93. The summed E-state index contributed by atoms with van der Waals surface area (Å²) in [6, 6.07) is -0.662. The predicted molar refractivity (Wildman–Crippen MR) is 72.3 cm³/mol. The summed E-state index contributed by atoms with van der Waals surface area (Å²) >= 11 is 0. The van der Waals surface area contributed by atoms with E-state index in [1.807, 2.05) is 6.92 Å². The summed E-state index contributed by atoms with van der Waals surface area (Å²) in [5.74, 6) is -0.658. The number of likely N-dealkylation sites (N-methyl/N-ethyl adjacent to an activating group) is 1. The molecule has 108 valence electrons. The number of carbonyl (C=O) groups is 3. The highest BCUT2D eigenvalue weighted by molar-refractivity contribution is 6.09. The molecule has 5 atom stereocenters. The molecule has 2 bridgehead atoms. The van der Waals surface area contributed by atoms with Crippen LogP contribution in [-0.4, -0.2) is 35.7 Å². The van der Waals surface area contributed by atoms with Crippen LogP contribution in [0.4, 0.5) is 0 Å². The number of rotatable bonds is 3. The maximum absolute atomic E-state index is 12.7. The van der Waals surface area contributed by atoms with Gasteiger partial charge >= 0.3 is 0 Å². The van der Waals surface area contributed by atoms with Crippen molar-refractivity contribution in [2.24, 2.45) is 23.7 Å². The number of hydrogen-bond donors (Lipinski definition) is 1. The van der Waals surface area contributed by atoms with Gasteiger partial charge in [0.2, 0.25) is 17.7 Å². The molecule has 1 saturated carbocycles. The van der Waals surface area contributed by atoms with E-state index in [4.69, 9.17) is 0 Å². The molecule has 4 rings (SSSR count). The second kappa shape index (κ2) is 4.72. The normalized spacial score (nSPS) is 36.2. The lowest BCUT2D eigenvalue weighted by atomic mass is 9.63. The van der Waals surface area contributed by atoms with E-state index in [1.165, 1.54) is 11.9 Å². The molecule has 3 aliphatic carbocycles. The highest BCUT2D eigenvalue weighted by Crippen LogP contribution is 2.50. The Morgan fingerprint density at radius 3 is 2.10 bits per heavy atom. The fraction of sp³-hybridized carbons (Fsp3) is 0.667. The minimum atomic E-state index is -0.662. The predicted octanol–water partition coefficient (Wildman–Crippen LogP) is 0.708. The first-order valence-electron chi connectivity index (χ1n) is 7.37. The summed E-state index contributed by atoms with van der Waals surface area (Å²) in [6.45, 7) is 1.83. The van der Waals surface area contributed by atoms with Crippen molar-refractivity contribution in [1.29, 1.82) is 0 Å². The van der Waals surface area contributed by atoms with Crippen LogP contribution in [0.1, 0.15) is 26.2 Å². The topological polar surface area (TPSA) is 66.5 Å². The van der Waals surface area contributed by atoms with Crippen LogP contribution in [0.5, 0.6) is 0 Å². The Morgan fingerprint density at radius 2 is 1.75 bits per heavy atom. The molecule has 4 aliphatic rings. The lowest BCUT2D eigenvalue weighted by Crippen LogP contribution is -2.49. The molecular weight excluding hydrogens is 256 g/mol. The first kappa shape index (κ1) is 13.3. The summed E-state index contributed by atoms with van der Waals surface area (Å²) in [7, 11) is 1.54. The Morgan fingerprint density at radius 1 is 1.25 bits per heavy atom. The third-order valence-electron chi connectivity index (χ3n) is 5.04. The van der Waals surface area contributed by atoms with E-state index >= 15 is 0 Å². The van der Waals surface area contributed by atoms with Crippen molar-refractivity contribution in [2.45, 2.75) is 32.2 Å². The molecule has 0 radical (unpaired) electrons. The van der Waals surface area contributed by atoms with Crippen molar-refractivity contribution in [3.05, 3.63) is 12.2 Å². The number of amides is 3. The SMILES string of the molecule is CC[C@H](C(=O)NC)N1C(=O)[C@@H]2[C@@H](C1=O)[C@H]1C=C[C@H]2CC1. The molecule has 2 fully saturated rings. The molecular formula is C15H20N2O3. The maximum Gasteiger partial charge on any atom is 0.243 e. The molecule has 0 aromatic carbocycles. The van der Waals surface area contributed by atoms with Crippen molar-refractivity contribution in [3.8, 4) is 0 Å². The van der Waals surface area contributed by atoms with Crippen LogP contribution in [0, 0.1) is 23.7 Å². The zero-order valence-corrected chi connectivity index (χ0v) is 11.8. The van der Waals surface area contributed by atoms with Crippen LogP contribution in [0.15, 0.2) is 12.2 Å². The number of fused-ring (bicyclic) bond motifs is 1. The highest BCUT2D eigenvalue weighted by Gasteiger charge is 2.58.